The molecule has 108 valence electrons. The smallest absolute Gasteiger partial charge is 0.0897 e. The molecule has 1 rings (SSSR count). The number of rotatable bonds is 10. The molecular formula is C14H22ClNO2S. The highest BCUT2D eigenvalue weighted by molar-refractivity contribution is 7.98. The van der Waals surface area contributed by atoms with Crippen molar-refractivity contribution in [1.29, 1.82) is 0 Å². The molecule has 1 atom stereocenters. The van der Waals surface area contributed by atoms with Gasteiger partial charge in [-0.3, -0.25) is 0 Å². The van der Waals surface area contributed by atoms with Crippen LogP contribution in [0.2, 0.25) is 5.02 Å². The van der Waals surface area contributed by atoms with Crippen LogP contribution in [0.5, 0.6) is 0 Å². The van der Waals surface area contributed by atoms with Gasteiger partial charge < -0.3 is 15.2 Å². The van der Waals surface area contributed by atoms with Gasteiger partial charge in [0, 0.05) is 11.6 Å². The second kappa shape index (κ2) is 10.5. The maximum absolute atomic E-state index is 9.73. The molecule has 0 fully saturated rings. The van der Waals surface area contributed by atoms with Crippen molar-refractivity contribution in [1.82, 2.24) is 5.32 Å². The highest BCUT2D eigenvalue weighted by Crippen LogP contribution is 2.15. The first-order valence-electron chi connectivity index (χ1n) is 6.43. The third kappa shape index (κ3) is 7.80. The Hall–Kier alpha value is -0.260. The summed E-state index contributed by atoms with van der Waals surface area (Å²) in [7, 11) is 0. The number of aliphatic hydroxyl groups is 1. The summed E-state index contributed by atoms with van der Waals surface area (Å²) in [6, 6.07) is 7.58. The fourth-order valence-corrected chi connectivity index (χ4v) is 2.21. The Morgan fingerprint density at radius 1 is 1.42 bits per heavy atom. The molecule has 1 aromatic rings. The summed E-state index contributed by atoms with van der Waals surface area (Å²) in [4.78, 5) is 0. The summed E-state index contributed by atoms with van der Waals surface area (Å²) >= 11 is 7.85. The highest BCUT2D eigenvalue weighted by atomic mass is 35.5. The lowest BCUT2D eigenvalue weighted by Crippen LogP contribution is -2.31. The molecule has 0 bridgehead atoms. The van der Waals surface area contributed by atoms with Gasteiger partial charge >= 0.3 is 0 Å². The van der Waals surface area contributed by atoms with Crippen molar-refractivity contribution in [2.45, 2.75) is 19.1 Å². The van der Waals surface area contributed by atoms with Crippen molar-refractivity contribution in [2.24, 2.45) is 0 Å². The van der Waals surface area contributed by atoms with Gasteiger partial charge in [-0.1, -0.05) is 29.8 Å². The van der Waals surface area contributed by atoms with Crippen molar-refractivity contribution in [3.8, 4) is 0 Å². The molecule has 0 aliphatic carbocycles. The van der Waals surface area contributed by atoms with Crippen LogP contribution in [0.15, 0.2) is 24.3 Å². The maximum Gasteiger partial charge on any atom is 0.0897 e. The van der Waals surface area contributed by atoms with E-state index in [4.69, 9.17) is 16.3 Å². The average Bonchev–Trinajstić information content (AvgIpc) is 2.41. The summed E-state index contributed by atoms with van der Waals surface area (Å²) in [5.74, 6) is 1.14. The summed E-state index contributed by atoms with van der Waals surface area (Å²) in [5.41, 5.74) is 0.948. The van der Waals surface area contributed by atoms with E-state index in [0.29, 0.717) is 24.8 Å². The molecule has 1 unspecified atom stereocenters. The van der Waals surface area contributed by atoms with Crippen LogP contribution in [0.3, 0.4) is 0 Å². The van der Waals surface area contributed by atoms with E-state index >= 15 is 0 Å². The largest absolute Gasteiger partial charge is 0.389 e. The Kier molecular flexibility index (Phi) is 9.30. The van der Waals surface area contributed by atoms with Crippen LogP contribution in [0.4, 0.5) is 0 Å². The number of aliphatic hydroxyl groups excluding tert-OH is 1. The number of halogens is 1. The van der Waals surface area contributed by atoms with Gasteiger partial charge in [0.1, 0.15) is 0 Å². The fraction of sp³-hybridized carbons (Fsp3) is 0.571. The molecule has 2 N–H and O–H groups in total. The van der Waals surface area contributed by atoms with Crippen LogP contribution in [0.25, 0.3) is 0 Å². The zero-order chi connectivity index (χ0) is 13.9. The normalized spacial score (nSPS) is 12.6. The van der Waals surface area contributed by atoms with E-state index in [1.165, 1.54) is 0 Å². The van der Waals surface area contributed by atoms with Crippen LogP contribution < -0.4 is 5.32 Å². The minimum Gasteiger partial charge on any atom is -0.389 e. The number of benzene rings is 1. The van der Waals surface area contributed by atoms with Gasteiger partial charge in [0.05, 0.1) is 19.3 Å². The Morgan fingerprint density at radius 2 is 2.21 bits per heavy atom. The molecule has 0 aliphatic rings. The first kappa shape index (κ1) is 16.8. The van der Waals surface area contributed by atoms with E-state index in [-0.39, 0.29) is 0 Å². The van der Waals surface area contributed by atoms with Crippen LogP contribution >= 0.6 is 23.4 Å². The van der Waals surface area contributed by atoms with Crippen molar-refractivity contribution in [3.63, 3.8) is 0 Å². The summed E-state index contributed by atoms with van der Waals surface area (Å²) in [5, 5.41) is 13.6. The topological polar surface area (TPSA) is 41.5 Å². The molecule has 0 heterocycles. The minimum atomic E-state index is -0.475. The number of hydrogen-bond donors (Lipinski definition) is 2. The van der Waals surface area contributed by atoms with Crippen molar-refractivity contribution in [2.75, 3.05) is 31.7 Å². The first-order valence-corrected chi connectivity index (χ1v) is 8.20. The number of hydrogen-bond acceptors (Lipinski definition) is 4. The lowest BCUT2D eigenvalue weighted by Gasteiger charge is -2.12. The molecule has 0 saturated heterocycles. The third-order valence-corrected chi connectivity index (χ3v) is 3.67. The lowest BCUT2D eigenvalue weighted by atomic mass is 10.2. The Morgan fingerprint density at radius 3 is 2.95 bits per heavy atom. The van der Waals surface area contributed by atoms with E-state index in [2.05, 4.69) is 11.6 Å². The molecule has 5 heteroatoms. The molecule has 0 amide bonds. The summed E-state index contributed by atoms with van der Waals surface area (Å²) < 4.78 is 5.46. The SMILES string of the molecule is CSCCCNCC(O)COCc1ccccc1Cl. The van der Waals surface area contributed by atoms with Gasteiger partial charge in [0.2, 0.25) is 0 Å². The number of nitrogens with one attached hydrogen (secondary N) is 1. The lowest BCUT2D eigenvalue weighted by molar-refractivity contribution is 0.0290. The summed E-state index contributed by atoms with van der Waals surface area (Å²) in [6.07, 6.45) is 2.74. The van der Waals surface area contributed by atoms with Gasteiger partial charge in [-0.05, 0) is 36.6 Å². The van der Waals surface area contributed by atoms with E-state index in [9.17, 15) is 5.11 Å². The van der Waals surface area contributed by atoms with Crippen LogP contribution in [0, 0.1) is 0 Å². The van der Waals surface area contributed by atoms with E-state index in [0.717, 1.165) is 24.3 Å². The molecule has 0 aliphatic heterocycles. The molecule has 1 aromatic carbocycles. The van der Waals surface area contributed by atoms with Crippen molar-refractivity contribution < 1.29 is 9.84 Å². The van der Waals surface area contributed by atoms with Gasteiger partial charge in [-0.2, -0.15) is 11.8 Å². The van der Waals surface area contributed by atoms with Gasteiger partial charge in [-0.25, -0.2) is 0 Å². The Balaban J connectivity index is 2.07. The summed E-state index contributed by atoms with van der Waals surface area (Å²) in [6.45, 7) is 2.25. The van der Waals surface area contributed by atoms with Crippen LogP contribution in [-0.2, 0) is 11.3 Å². The fourth-order valence-electron chi connectivity index (χ4n) is 1.59. The Labute approximate surface area is 124 Å². The van der Waals surface area contributed by atoms with E-state index in [1.54, 1.807) is 0 Å². The second-order valence-corrected chi connectivity index (χ2v) is 5.70. The molecule has 3 nitrogen and oxygen atoms in total. The maximum atomic E-state index is 9.73. The predicted octanol–water partition coefficient (Wildman–Crippen LogP) is 2.56. The average molecular weight is 304 g/mol. The molecule has 0 radical (unpaired) electrons. The molecular weight excluding hydrogens is 282 g/mol. The second-order valence-electron chi connectivity index (χ2n) is 4.31. The first-order chi connectivity index (χ1) is 9.24. The van der Waals surface area contributed by atoms with Crippen molar-refractivity contribution >= 4 is 23.4 Å². The van der Waals surface area contributed by atoms with Crippen molar-refractivity contribution in [3.05, 3.63) is 34.9 Å². The van der Waals surface area contributed by atoms with Gasteiger partial charge in [-0.15, -0.1) is 0 Å². The molecule has 0 aromatic heterocycles. The van der Waals surface area contributed by atoms with Gasteiger partial charge in [0.25, 0.3) is 0 Å². The quantitative estimate of drug-likeness (QED) is 0.652. The molecule has 19 heavy (non-hydrogen) atoms. The van der Waals surface area contributed by atoms with E-state index in [1.807, 2.05) is 36.0 Å². The Bertz CT molecular complexity index is 352. The van der Waals surface area contributed by atoms with Crippen LogP contribution in [0.1, 0.15) is 12.0 Å². The van der Waals surface area contributed by atoms with Crippen LogP contribution in [-0.4, -0.2) is 42.9 Å². The zero-order valence-electron chi connectivity index (χ0n) is 11.3. The van der Waals surface area contributed by atoms with Gasteiger partial charge in [0.15, 0.2) is 0 Å². The standard InChI is InChI=1S/C14H22ClNO2S/c1-19-8-4-7-16-9-13(17)11-18-10-12-5-2-3-6-14(12)15/h2-3,5-6,13,16-17H,4,7-11H2,1H3. The predicted molar refractivity (Wildman–Crippen MR) is 83.0 cm³/mol. The number of thioether (sulfide) groups is 1. The van der Waals surface area contributed by atoms with E-state index < -0.39 is 6.10 Å². The third-order valence-electron chi connectivity index (χ3n) is 2.61. The number of ether oxygens (including phenoxy) is 1. The molecule has 0 spiro atoms. The highest BCUT2D eigenvalue weighted by Gasteiger charge is 2.05. The zero-order valence-corrected chi connectivity index (χ0v) is 12.8. The monoisotopic (exact) mass is 303 g/mol. The molecule has 0 saturated carbocycles. The minimum absolute atomic E-state index is 0.320.